The summed E-state index contributed by atoms with van der Waals surface area (Å²) in [6, 6.07) is 0.950. The number of nitrogens with zero attached hydrogens (tertiary/aromatic N) is 2. The van der Waals surface area contributed by atoms with Gasteiger partial charge in [0.25, 0.3) is 5.91 Å². The van der Waals surface area contributed by atoms with Crippen LogP contribution >= 0.6 is 0 Å². The molecule has 1 amide bonds. The van der Waals surface area contributed by atoms with Crippen LogP contribution in [0, 0.1) is 10.1 Å². The summed E-state index contributed by atoms with van der Waals surface area (Å²) in [4.78, 5) is 33.5. The van der Waals surface area contributed by atoms with E-state index in [1.54, 1.807) is 0 Å². The lowest BCUT2D eigenvalue weighted by atomic mass is 10.2. The van der Waals surface area contributed by atoms with Crippen molar-refractivity contribution in [2.45, 2.75) is 18.6 Å². The highest BCUT2D eigenvalue weighted by Crippen LogP contribution is 2.23. The van der Waals surface area contributed by atoms with E-state index in [0.717, 1.165) is 17.0 Å². The zero-order valence-electron chi connectivity index (χ0n) is 9.55. The van der Waals surface area contributed by atoms with Gasteiger partial charge in [0, 0.05) is 13.0 Å². The highest BCUT2D eigenvalue weighted by atomic mass is 16.6. The number of aliphatic carboxylic acids is 1. The summed E-state index contributed by atoms with van der Waals surface area (Å²) in [5.41, 5.74) is 0. The van der Waals surface area contributed by atoms with Gasteiger partial charge in [0.15, 0.2) is 5.76 Å². The lowest BCUT2D eigenvalue weighted by molar-refractivity contribution is -0.402. The van der Waals surface area contributed by atoms with Crippen molar-refractivity contribution in [3.8, 4) is 0 Å². The molecule has 2 unspecified atom stereocenters. The van der Waals surface area contributed by atoms with E-state index in [4.69, 9.17) is 9.52 Å². The lowest BCUT2D eigenvalue weighted by Gasteiger charge is -2.19. The molecule has 1 aromatic rings. The van der Waals surface area contributed by atoms with Crippen LogP contribution in [0.3, 0.4) is 0 Å². The van der Waals surface area contributed by atoms with Gasteiger partial charge < -0.3 is 19.5 Å². The van der Waals surface area contributed by atoms with Crippen LogP contribution in [0.2, 0.25) is 0 Å². The highest BCUT2D eigenvalue weighted by Gasteiger charge is 2.40. The van der Waals surface area contributed by atoms with Crippen molar-refractivity contribution >= 4 is 17.8 Å². The van der Waals surface area contributed by atoms with Gasteiger partial charge in [-0.05, 0) is 6.07 Å². The Balaban J connectivity index is 2.22. The minimum atomic E-state index is -1.24. The Morgan fingerprint density at radius 2 is 2.16 bits per heavy atom. The van der Waals surface area contributed by atoms with Crippen LogP contribution in [0.5, 0.6) is 0 Å². The van der Waals surface area contributed by atoms with Gasteiger partial charge >= 0.3 is 11.9 Å². The average molecular weight is 270 g/mol. The van der Waals surface area contributed by atoms with E-state index in [1.165, 1.54) is 0 Å². The van der Waals surface area contributed by atoms with Crippen molar-refractivity contribution in [2.24, 2.45) is 0 Å². The summed E-state index contributed by atoms with van der Waals surface area (Å²) in [6.45, 7) is -0.149. The maximum Gasteiger partial charge on any atom is 0.433 e. The van der Waals surface area contributed by atoms with Gasteiger partial charge in [0.1, 0.15) is 11.0 Å². The Labute approximate surface area is 106 Å². The minimum Gasteiger partial charge on any atom is -0.480 e. The number of likely N-dealkylation sites (tertiary alicyclic amines) is 1. The second-order valence-electron chi connectivity index (χ2n) is 4.10. The molecule has 9 heteroatoms. The first-order valence-corrected chi connectivity index (χ1v) is 5.36. The number of carboxylic acids is 1. The number of aliphatic hydroxyl groups excluding tert-OH is 1. The zero-order valence-corrected chi connectivity index (χ0v) is 9.55. The first-order chi connectivity index (χ1) is 8.90. The maximum atomic E-state index is 12.0. The van der Waals surface area contributed by atoms with Crippen LogP contribution in [0.4, 0.5) is 5.88 Å². The molecule has 1 aliphatic rings. The fourth-order valence-electron chi connectivity index (χ4n) is 1.95. The molecule has 2 rings (SSSR count). The van der Waals surface area contributed by atoms with Crippen molar-refractivity contribution < 1.29 is 29.1 Å². The fourth-order valence-corrected chi connectivity index (χ4v) is 1.95. The summed E-state index contributed by atoms with van der Waals surface area (Å²) in [5, 5.41) is 28.8. The Kier molecular flexibility index (Phi) is 3.21. The van der Waals surface area contributed by atoms with Crippen LogP contribution in [0.25, 0.3) is 0 Å². The van der Waals surface area contributed by atoms with Crippen molar-refractivity contribution in [3.05, 3.63) is 28.0 Å². The van der Waals surface area contributed by atoms with Gasteiger partial charge in [-0.2, -0.15) is 0 Å². The SMILES string of the molecule is O=C(O)C1CC(O)CN1C(=O)c1ccc([N+](=O)[O-])o1. The molecule has 102 valence electrons. The minimum absolute atomic E-state index is 0.0795. The predicted molar refractivity (Wildman–Crippen MR) is 58.4 cm³/mol. The van der Waals surface area contributed by atoms with Gasteiger partial charge in [0.05, 0.1) is 12.2 Å². The van der Waals surface area contributed by atoms with Crippen LogP contribution < -0.4 is 0 Å². The monoisotopic (exact) mass is 270 g/mol. The summed E-state index contributed by atoms with van der Waals surface area (Å²) >= 11 is 0. The second-order valence-corrected chi connectivity index (χ2v) is 4.10. The third-order valence-corrected chi connectivity index (χ3v) is 2.81. The standard InChI is InChI=1S/C10H10N2O7/c13-5-3-6(10(15)16)11(4-5)9(14)7-1-2-8(19-7)12(17)18/h1-2,5-6,13H,3-4H2,(H,15,16). The summed E-state index contributed by atoms with van der Waals surface area (Å²) < 4.78 is 4.72. The molecule has 19 heavy (non-hydrogen) atoms. The Hall–Kier alpha value is -2.42. The number of carboxylic acid groups (broad SMARTS) is 1. The number of carbonyl (C=O) groups is 2. The van der Waals surface area contributed by atoms with Gasteiger partial charge in [-0.3, -0.25) is 14.9 Å². The maximum absolute atomic E-state index is 12.0. The van der Waals surface area contributed by atoms with E-state index in [2.05, 4.69) is 0 Å². The van der Waals surface area contributed by atoms with E-state index in [9.17, 15) is 24.8 Å². The summed E-state index contributed by atoms with van der Waals surface area (Å²) in [6.07, 6.45) is -1.01. The number of hydrogen-bond acceptors (Lipinski definition) is 6. The van der Waals surface area contributed by atoms with Gasteiger partial charge in [-0.15, -0.1) is 0 Å². The third-order valence-electron chi connectivity index (χ3n) is 2.81. The number of β-amino-alcohol motifs (C(OH)–C–C–N with tert-alkyl or cyclic N) is 1. The van der Waals surface area contributed by atoms with Crippen LogP contribution in [-0.2, 0) is 4.79 Å². The molecular weight excluding hydrogens is 260 g/mol. The number of carbonyl (C=O) groups excluding carboxylic acids is 1. The molecule has 1 fully saturated rings. The van der Waals surface area contributed by atoms with E-state index in [0.29, 0.717) is 0 Å². The normalized spacial score (nSPS) is 22.5. The van der Waals surface area contributed by atoms with Crippen molar-refractivity contribution in [3.63, 3.8) is 0 Å². The molecule has 2 N–H and O–H groups in total. The van der Waals surface area contributed by atoms with Crippen molar-refractivity contribution in [2.75, 3.05) is 6.54 Å². The number of amides is 1. The largest absolute Gasteiger partial charge is 0.480 e. The molecule has 0 saturated carbocycles. The molecule has 0 aromatic carbocycles. The second kappa shape index (κ2) is 4.69. The van der Waals surface area contributed by atoms with Crippen molar-refractivity contribution in [1.29, 1.82) is 0 Å². The molecule has 0 spiro atoms. The molecule has 2 atom stereocenters. The highest BCUT2D eigenvalue weighted by molar-refractivity contribution is 5.95. The quantitative estimate of drug-likeness (QED) is 0.575. The number of rotatable bonds is 3. The van der Waals surface area contributed by atoms with Crippen LogP contribution in [0.15, 0.2) is 16.5 Å². The fraction of sp³-hybridized carbons (Fsp3) is 0.400. The van der Waals surface area contributed by atoms with Crippen LogP contribution in [-0.4, -0.2) is 50.6 Å². The number of hydrogen-bond donors (Lipinski definition) is 2. The molecule has 1 aromatic heterocycles. The molecule has 0 bridgehead atoms. The predicted octanol–water partition coefficient (Wildman–Crippen LogP) is -0.152. The summed E-state index contributed by atoms with van der Waals surface area (Å²) in [7, 11) is 0. The molecular formula is C10H10N2O7. The molecule has 0 aliphatic carbocycles. The van der Waals surface area contributed by atoms with E-state index in [1.807, 2.05) is 0 Å². The Bertz CT molecular complexity index is 538. The number of furan rings is 1. The molecule has 0 radical (unpaired) electrons. The van der Waals surface area contributed by atoms with E-state index < -0.39 is 34.8 Å². The lowest BCUT2D eigenvalue weighted by Crippen LogP contribution is -2.40. The van der Waals surface area contributed by atoms with Crippen molar-refractivity contribution in [1.82, 2.24) is 4.90 Å². The average Bonchev–Trinajstić information content (AvgIpc) is 2.94. The molecule has 1 aliphatic heterocycles. The Morgan fingerprint density at radius 1 is 1.47 bits per heavy atom. The number of aliphatic hydroxyl groups is 1. The molecule has 9 nitrogen and oxygen atoms in total. The topological polar surface area (TPSA) is 134 Å². The first-order valence-electron chi connectivity index (χ1n) is 5.36. The van der Waals surface area contributed by atoms with Crippen LogP contribution in [0.1, 0.15) is 17.0 Å². The number of nitro groups is 1. The van der Waals surface area contributed by atoms with E-state index >= 15 is 0 Å². The van der Waals surface area contributed by atoms with Gasteiger partial charge in [-0.25, -0.2) is 4.79 Å². The first kappa shape index (κ1) is 13.0. The zero-order chi connectivity index (χ0) is 14.2. The smallest absolute Gasteiger partial charge is 0.433 e. The summed E-state index contributed by atoms with van der Waals surface area (Å²) in [5.74, 6) is -2.97. The molecule has 1 saturated heterocycles. The van der Waals surface area contributed by atoms with E-state index in [-0.39, 0.29) is 18.7 Å². The third kappa shape index (κ3) is 2.40. The van der Waals surface area contributed by atoms with Gasteiger partial charge in [0.2, 0.25) is 0 Å². The Morgan fingerprint density at radius 3 is 2.68 bits per heavy atom. The molecule has 2 heterocycles. The van der Waals surface area contributed by atoms with Gasteiger partial charge in [-0.1, -0.05) is 0 Å².